The van der Waals surface area contributed by atoms with Crippen LogP contribution in [0, 0.1) is 0 Å². The maximum absolute atomic E-state index is 5.20. The van der Waals surface area contributed by atoms with Crippen LogP contribution < -0.4 is 4.74 Å². The van der Waals surface area contributed by atoms with Gasteiger partial charge in [-0.2, -0.15) is 0 Å². The Hall–Kier alpha value is -2.02. The molecule has 0 fully saturated rings. The quantitative estimate of drug-likeness (QED) is 0.717. The number of allylic oxidation sites excluding steroid dienone is 2. The zero-order chi connectivity index (χ0) is 12.8. The third-order valence-corrected chi connectivity index (χ3v) is 3.02. The van der Waals surface area contributed by atoms with Crippen molar-refractivity contribution in [2.24, 2.45) is 0 Å². The molecular weight excluding hydrogens is 220 g/mol. The van der Waals surface area contributed by atoms with Gasteiger partial charge in [-0.15, -0.1) is 0 Å². The summed E-state index contributed by atoms with van der Waals surface area (Å²) in [7, 11) is 1.69. The number of benzene rings is 2. The minimum Gasteiger partial charge on any atom is -0.497 e. The van der Waals surface area contributed by atoms with E-state index in [0.29, 0.717) is 5.92 Å². The van der Waals surface area contributed by atoms with Crippen molar-refractivity contribution in [3.63, 3.8) is 0 Å². The molecule has 0 saturated carbocycles. The van der Waals surface area contributed by atoms with Crippen LogP contribution in [-0.4, -0.2) is 7.11 Å². The average molecular weight is 238 g/mol. The Balaban J connectivity index is 2.35. The molecule has 92 valence electrons. The molecule has 0 spiro atoms. The van der Waals surface area contributed by atoms with Gasteiger partial charge in [0.1, 0.15) is 5.75 Å². The van der Waals surface area contributed by atoms with Gasteiger partial charge in [0, 0.05) is 5.92 Å². The Morgan fingerprint density at radius 2 is 1.50 bits per heavy atom. The van der Waals surface area contributed by atoms with Crippen molar-refractivity contribution in [3.8, 4) is 5.75 Å². The van der Waals surface area contributed by atoms with E-state index < -0.39 is 0 Å². The van der Waals surface area contributed by atoms with E-state index in [1.165, 1.54) is 11.1 Å². The summed E-state index contributed by atoms with van der Waals surface area (Å²) in [4.78, 5) is 0. The van der Waals surface area contributed by atoms with Gasteiger partial charge in [0.05, 0.1) is 7.11 Å². The number of ether oxygens (including phenoxy) is 1. The zero-order valence-electron chi connectivity index (χ0n) is 10.8. The Kier molecular flexibility index (Phi) is 4.19. The molecule has 0 saturated heterocycles. The second-order valence-corrected chi connectivity index (χ2v) is 4.19. The molecule has 0 aliphatic rings. The van der Waals surface area contributed by atoms with Crippen LogP contribution >= 0.6 is 0 Å². The third-order valence-electron chi connectivity index (χ3n) is 3.02. The van der Waals surface area contributed by atoms with Crippen molar-refractivity contribution in [3.05, 3.63) is 77.9 Å². The lowest BCUT2D eigenvalue weighted by molar-refractivity contribution is 0.414. The van der Waals surface area contributed by atoms with Crippen molar-refractivity contribution in [2.75, 3.05) is 7.11 Å². The summed E-state index contributed by atoms with van der Waals surface area (Å²) in [5.41, 5.74) is 2.58. The topological polar surface area (TPSA) is 9.23 Å². The fourth-order valence-corrected chi connectivity index (χ4v) is 2.08. The van der Waals surface area contributed by atoms with E-state index in [4.69, 9.17) is 4.74 Å². The standard InChI is InChI=1S/C17H18O/c1-3-7-17(14-8-5-4-6-9-14)15-10-12-16(18-2)13-11-15/h3-13,17H,1-2H3. The van der Waals surface area contributed by atoms with Crippen molar-refractivity contribution in [1.29, 1.82) is 0 Å². The minimum absolute atomic E-state index is 0.308. The molecule has 1 nitrogen and oxygen atoms in total. The van der Waals surface area contributed by atoms with Crippen LogP contribution in [0.25, 0.3) is 0 Å². The monoisotopic (exact) mass is 238 g/mol. The van der Waals surface area contributed by atoms with Gasteiger partial charge in [-0.1, -0.05) is 54.6 Å². The molecule has 2 rings (SSSR count). The molecule has 18 heavy (non-hydrogen) atoms. The summed E-state index contributed by atoms with van der Waals surface area (Å²) in [5, 5.41) is 0. The Morgan fingerprint density at radius 3 is 2.06 bits per heavy atom. The van der Waals surface area contributed by atoms with Gasteiger partial charge < -0.3 is 4.74 Å². The highest BCUT2D eigenvalue weighted by Gasteiger charge is 2.09. The van der Waals surface area contributed by atoms with E-state index in [2.05, 4.69) is 55.5 Å². The van der Waals surface area contributed by atoms with E-state index in [0.717, 1.165) is 5.75 Å². The van der Waals surface area contributed by atoms with E-state index in [9.17, 15) is 0 Å². The average Bonchev–Trinajstić information content (AvgIpc) is 2.46. The first-order valence-corrected chi connectivity index (χ1v) is 6.17. The number of hydrogen-bond donors (Lipinski definition) is 0. The molecule has 1 unspecified atom stereocenters. The van der Waals surface area contributed by atoms with Crippen LogP contribution in [-0.2, 0) is 0 Å². The molecule has 1 atom stereocenters. The first-order valence-electron chi connectivity index (χ1n) is 6.17. The fraction of sp³-hybridized carbons (Fsp3) is 0.176. The Labute approximate surface area is 109 Å². The van der Waals surface area contributed by atoms with Crippen LogP contribution in [0.2, 0.25) is 0 Å². The largest absolute Gasteiger partial charge is 0.497 e. The van der Waals surface area contributed by atoms with Crippen LogP contribution in [0.5, 0.6) is 5.75 Å². The summed E-state index contributed by atoms with van der Waals surface area (Å²) in [6.07, 6.45) is 4.32. The normalized spacial score (nSPS) is 12.6. The van der Waals surface area contributed by atoms with E-state index in [1.807, 2.05) is 18.2 Å². The van der Waals surface area contributed by atoms with Gasteiger partial charge in [0.25, 0.3) is 0 Å². The van der Waals surface area contributed by atoms with Crippen molar-refractivity contribution in [2.45, 2.75) is 12.8 Å². The molecule has 0 N–H and O–H groups in total. The predicted octanol–water partition coefficient (Wildman–Crippen LogP) is 4.40. The van der Waals surface area contributed by atoms with Gasteiger partial charge in [-0.05, 0) is 30.2 Å². The highest BCUT2D eigenvalue weighted by molar-refractivity contribution is 5.39. The van der Waals surface area contributed by atoms with Crippen molar-refractivity contribution >= 4 is 0 Å². The summed E-state index contributed by atoms with van der Waals surface area (Å²) in [5.74, 6) is 1.20. The Bertz CT molecular complexity index is 497. The maximum atomic E-state index is 5.20. The molecule has 0 aliphatic heterocycles. The lowest BCUT2D eigenvalue weighted by Gasteiger charge is -2.14. The second kappa shape index (κ2) is 6.06. The SMILES string of the molecule is CC=CC(c1ccccc1)c1ccc(OC)cc1. The molecule has 0 aliphatic carbocycles. The number of rotatable bonds is 4. The second-order valence-electron chi connectivity index (χ2n) is 4.19. The molecular formula is C17H18O. The summed E-state index contributed by atoms with van der Waals surface area (Å²) >= 11 is 0. The van der Waals surface area contributed by atoms with Crippen LogP contribution in [0.4, 0.5) is 0 Å². The lowest BCUT2D eigenvalue weighted by atomic mass is 9.91. The molecule has 0 heterocycles. The summed E-state index contributed by atoms with van der Waals surface area (Å²) < 4.78 is 5.20. The van der Waals surface area contributed by atoms with Gasteiger partial charge in [-0.3, -0.25) is 0 Å². The lowest BCUT2D eigenvalue weighted by Crippen LogP contribution is -1.97. The molecule has 0 amide bonds. The third kappa shape index (κ3) is 2.80. The molecule has 2 aromatic carbocycles. The predicted molar refractivity (Wildman–Crippen MR) is 76.1 cm³/mol. The van der Waals surface area contributed by atoms with Gasteiger partial charge in [-0.25, -0.2) is 0 Å². The van der Waals surface area contributed by atoms with Gasteiger partial charge >= 0.3 is 0 Å². The molecule has 1 heteroatoms. The molecule has 0 aromatic heterocycles. The highest BCUT2D eigenvalue weighted by atomic mass is 16.5. The number of methoxy groups -OCH3 is 1. The van der Waals surface area contributed by atoms with E-state index >= 15 is 0 Å². The smallest absolute Gasteiger partial charge is 0.118 e. The first kappa shape index (κ1) is 12.4. The molecule has 2 aromatic rings. The number of hydrogen-bond acceptors (Lipinski definition) is 1. The Morgan fingerprint density at radius 1 is 0.889 bits per heavy atom. The van der Waals surface area contributed by atoms with Crippen molar-refractivity contribution < 1.29 is 4.74 Å². The minimum atomic E-state index is 0.308. The van der Waals surface area contributed by atoms with E-state index in [-0.39, 0.29) is 0 Å². The van der Waals surface area contributed by atoms with Crippen LogP contribution in [0.3, 0.4) is 0 Å². The highest BCUT2D eigenvalue weighted by Crippen LogP contribution is 2.27. The molecule has 0 bridgehead atoms. The van der Waals surface area contributed by atoms with Crippen LogP contribution in [0.1, 0.15) is 24.0 Å². The first-order chi connectivity index (χ1) is 8.85. The summed E-state index contributed by atoms with van der Waals surface area (Å²) in [6.45, 7) is 2.06. The van der Waals surface area contributed by atoms with E-state index in [1.54, 1.807) is 7.11 Å². The van der Waals surface area contributed by atoms with Crippen molar-refractivity contribution in [1.82, 2.24) is 0 Å². The fourth-order valence-electron chi connectivity index (χ4n) is 2.08. The molecule has 0 radical (unpaired) electrons. The zero-order valence-corrected chi connectivity index (χ0v) is 10.8. The maximum Gasteiger partial charge on any atom is 0.118 e. The van der Waals surface area contributed by atoms with Crippen LogP contribution in [0.15, 0.2) is 66.7 Å². The van der Waals surface area contributed by atoms with Gasteiger partial charge in [0.2, 0.25) is 0 Å². The summed E-state index contributed by atoms with van der Waals surface area (Å²) in [6, 6.07) is 18.8. The van der Waals surface area contributed by atoms with Gasteiger partial charge in [0.15, 0.2) is 0 Å².